The zero-order chi connectivity index (χ0) is 36.3. The van der Waals surface area contributed by atoms with Crippen LogP contribution in [0.2, 0.25) is 0 Å². The molecule has 0 spiro atoms. The molecule has 0 aliphatic carbocycles. The van der Waals surface area contributed by atoms with Crippen LogP contribution in [0, 0.1) is 0 Å². The van der Waals surface area contributed by atoms with Gasteiger partial charge in [-0.15, -0.1) is 11.3 Å². The molecule has 0 bridgehead atoms. The molecule has 0 fully saturated rings. The van der Waals surface area contributed by atoms with E-state index >= 15 is 0 Å². The molecule has 0 amide bonds. The first-order chi connectivity index (χ1) is 27.2. The molecule has 0 saturated carbocycles. The lowest BCUT2D eigenvalue weighted by Crippen LogP contribution is -2.09. The van der Waals surface area contributed by atoms with Crippen molar-refractivity contribution >= 4 is 81.2 Å². The van der Waals surface area contributed by atoms with E-state index in [-0.39, 0.29) is 0 Å². The number of para-hydroxylation sites is 1. The van der Waals surface area contributed by atoms with E-state index in [0.717, 1.165) is 55.6 Å². The van der Waals surface area contributed by atoms with Crippen LogP contribution < -0.4 is 4.90 Å². The van der Waals surface area contributed by atoms with Crippen molar-refractivity contribution in [3.05, 3.63) is 194 Å². The minimum absolute atomic E-state index is 0.630. The molecule has 258 valence electrons. The van der Waals surface area contributed by atoms with Gasteiger partial charge in [0.1, 0.15) is 5.52 Å². The van der Waals surface area contributed by atoms with Crippen molar-refractivity contribution in [2.45, 2.75) is 0 Å². The second kappa shape index (κ2) is 12.8. The third-order valence-corrected chi connectivity index (χ3v) is 11.9. The summed E-state index contributed by atoms with van der Waals surface area (Å²) in [6, 6.07) is 69.3. The third kappa shape index (κ3) is 5.38. The average molecular weight is 721 g/mol. The van der Waals surface area contributed by atoms with Gasteiger partial charge in [0.05, 0.1) is 0 Å². The normalized spacial score (nSPS) is 11.6. The lowest BCUT2D eigenvalue weighted by molar-refractivity contribution is 0.621. The lowest BCUT2D eigenvalue weighted by Gasteiger charge is -2.26. The third-order valence-electron chi connectivity index (χ3n) is 10.7. The number of hydrogen-bond donors (Lipinski definition) is 0. The zero-order valence-corrected chi connectivity index (χ0v) is 30.5. The Kier molecular flexibility index (Phi) is 7.35. The Morgan fingerprint density at radius 2 is 0.927 bits per heavy atom. The van der Waals surface area contributed by atoms with Gasteiger partial charge in [-0.3, -0.25) is 0 Å². The molecule has 4 heteroatoms. The first-order valence-electron chi connectivity index (χ1n) is 18.5. The minimum atomic E-state index is 0.630. The molecule has 0 radical (unpaired) electrons. The molecule has 3 nitrogen and oxygen atoms in total. The van der Waals surface area contributed by atoms with Crippen LogP contribution in [0.3, 0.4) is 0 Å². The summed E-state index contributed by atoms with van der Waals surface area (Å²) in [6.07, 6.45) is 0. The van der Waals surface area contributed by atoms with Crippen molar-refractivity contribution in [2.24, 2.45) is 0 Å². The Morgan fingerprint density at radius 3 is 1.65 bits per heavy atom. The second-order valence-electron chi connectivity index (χ2n) is 13.9. The molecule has 2 heterocycles. The van der Waals surface area contributed by atoms with E-state index in [9.17, 15) is 0 Å². The molecule has 2 aromatic heterocycles. The van der Waals surface area contributed by atoms with Gasteiger partial charge in [0.2, 0.25) is 5.89 Å². The number of fused-ring (bicyclic) bond motifs is 6. The van der Waals surface area contributed by atoms with Crippen LogP contribution in [0.4, 0.5) is 17.1 Å². The van der Waals surface area contributed by atoms with Gasteiger partial charge < -0.3 is 9.32 Å². The highest BCUT2D eigenvalue weighted by Gasteiger charge is 2.18. The average Bonchev–Trinajstić information content (AvgIpc) is 3.86. The van der Waals surface area contributed by atoms with Gasteiger partial charge in [-0.25, -0.2) is 4.98 Å². The predicted molar refractivity (Wildman–Crippen MR) is 233 cm³/mol. The van der Waals surface area contributed by atoms with Crippen molar-refractivity contribution in [3.8, 4) is 33.7 Å². The number of anilines is 3. The monoisotopic (exact) mass is 720 g/mol. The SMILES string of the molecule is c1ccc2c(-c3ccc(N(c4ccc(-c5cccc6nc(-c7cccc8ccccc78)oc56)cc4)c4ccc5c(c4)sc4ccccc45)cc3)cccc2c1. The highest BCUT2D eigenvalue weighted by Crippen LogP contribution is 2.42. The summed E-state index contributed by atoms with van der Waals surface area (Å²) in [5.41, 5.74) is 10.4. The van der Waals surface area contributed by atoms with E-state index in [2.05, 4.69) is 193 Å². The Balaban J connectivity index is 1.01. The van der Waals surface area contributed by atoms with Gasteiger partial charge in [0.25, 0.3) is 0 Å². The molecule has 9 aromatic carbocycles. The van der Waals surface area contributed by atoms with Gasteiger partial charge >= 0.3 is 0 Å². The molecule has 0 saturated heterocycles. The Morgan fingerprint density at radius 1 is 0.400 bits per heavy atom. The highest BCUT2D eigenvalue weighted by molar-refractivity contribution is 7.25. The molecule has 0 aliphatic heterocycles. The maximum Gasteiger partial charge on any atom is 0.227 e. The van der Waals surface area contributed by atoms with Crippen LogP contribution in [-0.2, 0) is 0 Å². The van der Waals surface area contributed by atoms with Gasteiger partial charge in [0, 0.05) is 48.4 Å². The smallest absolute Gasteiger partial charge is 0.227 e. The van der Waals surface area contributed by atoms with Crippen molar-refractivity contribution in [1.82, 2.24) is 4.98 Å². The lowest BCUT2D eigenvalue weighted by atomic mass is 9.98. The minimum Gasteiger partial charge on any atom is -0.435 e. The maximum absolute atomic E-state index is 6.58. The van der Waals surface area contributed by atoms with Crippen LogP contribution in [0.15, 0.2) is 199 Å². The maximum atomic E-state index is 6.58. The topological polar surface area (TPSA) is 29.3 Å². The Labute approximate surface area is 322 Å². The largest absolute Gasteiger partial charge is 0.435 e. The Hall–Kier alpha value is -7.01. The molecule has 0 unspecified atom stereocenters. The van der Waals surface area contributed by atoms with Gasteiger partial charge in [0.15, 0.2) is 5.58 Å². The van der Waals surface area contributed by atoms with Crippen LogP contribution in [0.1, 0.15) is 0 Å². The molecular formula is C51H32N2OS. The van der Waals surface area contributed by atoms with Crippen molar-refractivity contribution in [1.29, 1.82) is 0 Å². The summed E-state index contributed by atoms with van der Waals surface area (Å²) in [5.74, 6) is 0.630. The number of hydrogen-bond acceptors (Lipinski definition) is 4. The molecule has 11 aromatic rings. The summed E-state index contributed by atoms with van der Waals surface area (Å²) in [4.78, 5) is 7.31. The van der Waals surface area contributed by atoms with Gasteiger partial charge in [-0.05, 0) is 92.8 Å². The molecule has 0 aliphatic rings. The quantitative estimate of drug-likeness (QED) is 0.171. The number of nitrogens with zero attached hydrogens (tertiary/aromatic N) is 2. The van der Waals surface area contributed by atoms with Gasteiger partial charge in [-0.1, -0.05) is 140 Å². The first-order valence-corrected chi connectivity index (χ1v) is 19.3. The van der Waals surface area contributed by atoms with Crippen LogP contribution in [-0.4, -0.2) is 4.98 Å². The van der Waals surface area contributed by atoms with Crippen molar-refractivity contribution in [2.75, 3.05) is 4.90 Å². The summed E-state index contributed by atoms with van der Waals surface area (Å²) in [5, 5.41) is 7.38. The van der Waals surface area contributed by atoms with E-state index < -0.39 is 0 Å². The highest BCUT2D eigenvalue weighted by atomic mass is 32.1. The number of benzene rings is 9. The molecule has 55 heavy (non-hydrogen) atoms. The fourth-order valence-corrected chi connectivity index (χ4v) is 9.20. The molecule has 11 rings (SSSR count). The fourth-order valence-electron chi connectivity index (χ4n) is 8.06. The van der Waals surface area contributed by atoms with Crippen LogP contribution in [0.25, 0.3) is 86.5 Å². The van der Waals surface area contributed by atoms with E-state index in [1.54, 1.807) is 0 Å². The molecule has 0 atom stereocenters. The molecule has 0 N–H and O–H groups in total. The standard InChI is InChI=1S/C51H32N2OS/c1-3-14-40-33(10-1)12-7-17-41(40)35-22-26-37(27-23-35)53(39-30-31-45-44-16-5-6-21-48(44)55-49(45)32-39)38-28-24-36(25-29-38)43-18-9-20-47-50(43)54-51(52-47)46-19-8-13-34-11-2-4-15-42(34)46/h1-32H. The van der Waals surface area contributed by atoms with E-state index in [0.29, 0.717) is 5.89 Å². The summed E-state index contributed by atoms with van der Waals surface area (Å²) >= 11 is 1.84. The summed E-state index contributed by atoms with van der Waals surface area (Å²) in [7, 11) is 0. The predicted octanol–water partition coefficient (Wildman–Crippen LogP) is 15.0. The van der Waals surface area contributed by atoms with E-state index in [4.69, 9.17) is 9.40 Å². The number of rotatable bonds is 6. The van der Waals surface area contributed by atoms with E-state index in [1.165, 1.54) is 42.1 Å². The zero-order valence-electron chi connectivity index (χ0n) is 29.7. The van der Waals surface area contributed by atoms with Crippen LogP contribution in [0.5, 0.6) is 0 Å². The number of aromatic nitrogens is 1. The van der Waals surface area contributed by atoms with Crippen molar-refractivity contribution < 1.29 is 4.42 Å². The number of oxazole rings is 1. The summed E-state index contributed by atoms with van der Waals surface area (Å²) < 4.78 is 9.16. The van der Waals surface area contributed by atoms with Gasteiger partial charge in [-0.2, -0.15) is 0 Å². The van der Waals surface area contributed by atoms with E-state index in [1.807, 2.05) is 17.4 Å². The Bertz CT molecular complexity index is 3200. The first kappa shape index (κ1) is 31.5. The van der Waals surface area contributed by atoms with Crippen LogP contribution >= 0.6 is 11.3 Å². The summed E-state index contributed by atoms with van der Waals surface area (Å²) in [6.45, 7) is 0. The second-order valence-corrected chi connectivity index (χ2v) is 15.0. The fraction of sp³-hybridized carbons (Fsp3) is 0. The number of thiophene rings is 1. The molecular weight excluding hydrogens is 689 g/mol. The van der Waals surface area contributed by atoms with Crippen molar-refractivity contribution in [3.63, 3.8) is 0 Å².